The van der Waals surface area contributed by atoms with Gasteiger partial charge in [-0.1, -0.05) is 23.8 Å². The standard InChI is InChI=1S/C10H13N3.C9H12.C8H10N4.2C7H9N5/c1-4-13-10-9(6-12-13)8(3)7(2)5-11-10;1-7-4-5-8(2)9(3)6-7;1-5-3-10-8(9)6-7(5)12(2)4-11-6;1-4-11-5-6(8)9-3-10-7(5)12(4)2;1-4-10-6(8)5-7(11-4)12(2)3-9-5/h5-6H,4H2,1-3H3;4-6H,1-3H3;3-4H,1-2H3,(H2,9,10);3H,1-2H3,(H2,8,9,10);3H,1-2H3,(H2,8,10,11). The second-order valence-corrected chi connectivity index (χ2v) is 14.1. The molecule has 0 unspecified atom stereocenters. The van der Waals surface area contributed by atoms with Crippen molar-refractivity contribution >= 4 is 61.8 Å². The van der Waals surface area contributed by atoms with Crippen molar-refractivity contribution < 1.29 is 0 Å². The number of rotatable bonds is 1. The number of aryl methyl sites for hydroxylation is 12. The zero-order chi connectivity index (χ0) is 42.4. The molecular formula is C41H53N17. The highest BCUT2D eigenvalue weighted by Crippen LogP contribution is 2.20. The Kier molecular flexibility index (Phi) is 12.9. The highest BCUT2D eigenvalue weighted by atomic mass is 15.3. The van der Waals surface area contributed by atoms with Crippen LogP contribution in [0.4, 0.5) is 17.5 Å². The van der Waals surface area contributed by atoms with Gasteiger partial charge in [0.05, 0.1) is 24.4 Å². The van der Waals surface area contributed by atoms with Crippen molar-refractivity contribution in [2.45, 2.75) is 68.9 Å². The summed E-state index contributed by atoms with van der Waals surface area (Å²) in [6.07, 6.45) is 10.4. The number of pyridine rings is 2. The third kappa shape index (κ3) is 9.15. The molecule has 0 aliphatic heterocycles. The number of aromatic nitrogens is 14. The first-order valence-electron chi connectivity index (χ1n) is 18.7. The Hall–Kier alpha value is -7.04. The number of nitrogens with zero attached hydrogens (tertiary/aromatic N) is 14. The summed E-state index contributed by atoms with van der Waals surface area (Å²) in [7, 11) is 5.72. The summed E-state index contributed by atoms with van der Waals surface area (Å²) in [5.74, 6) is 2.93. The molecule has 0 saturated heterocycles. The summed E-state index contributed by atoms with van der Waals surface area (Å²) >= 11 is 0. The maximum absolute atomic E-state index is 5.65. The van der Waals surface area contributed by atoms with Gasteiger partial charge in [-0.25, -0.2) is 49.5 Å². The molecule has 6 N–H and O–H groups in total. The third-order valence-electron chi connectivity index (χ3n) is 9.71. The largest absolute Gasteiger partial charge is 0.382 e. The summed E-state index contributed by atoms with van der Waals surface area (Å²) in [5, 5.41) is 5.44. The minimum atomic E-state index is 0.434. The van der Waals surface area contributed by atoms with Crippen LogP contribution in [-0.4, -0.2) is 68.3 Å². The quantitative estimate of drug-likeness (QED) is 0.173. The minimum Gasteiger partial charge on any atom is -0.382 e. The van der Waals surface area contributed by atoms with Crippen molar-refractivity contribution in [1.29, 1.82) is 0 Å². The summed E-state index contributed by atoms with van der Waals surface area (Å²) < 4.78 is 7.57. The van der Waals surface area contributed by atoms with E-state index in [1.165, 1.54) is 39.5 Å². The second-order valence-electron chi connectivity index (χ2n) is 14.1. The molecule has 9 rings (SSSR count). The molecule has 0 spiro atoms. The SMILES string of the molecule is CCn1ncc2c(C)c(C)cnc21.Cc1ccc(C)c(C)c1.Cc1cnc(N)c2ncn(C)c12.Cc1nc(N)c2ncn(C)c2n1.Cc1nc2c(N)ncnc2n1C. The van der Waals surface area contributed by atoms with Crippen LogP contribution in [0.25, 0.3) is 44.4 Å². The van der Waals surface area contributed by atoms with E-state index in [9.17, 15) is 0 Å². The van der Waals surface area contributed by atoms with Crippen LogP contribution < -0.4 is 17.2 Å². The van der Waals surface area contributed by atoms with Crippen LogP contribution in [-0.2, 0) is 27.7 Å². The number of hydrogen-bond acceptors (Lipinski definition) is 13. The first kappa shape index (κ1) is 42.1. The molecule has 0 bridgehead atoms. The van der Waals surface area contributed by atoms with E-state index in [1.807, 2.05) is 72.7 Å². The molecule has 0 aliphatic carbocycles. The van der Waals surface area contributed by atoms with Crippen molar-refractivity contribution in [2.75, 3.05) is 17.2 Å². The average Bonchev–Trinajstić information content (AvgIpc) is 3.97. The van der Waals surface area contributed by atoms with Crippen molar-refractivity contribution in [3.8, 4) is 0 Å². The van der Waals surface area contributed by atoms with Gasteiger partial charge in [0.15, 0.2) is 39.9 Å². The average molecular weight is 784 g/mol. The van der Waals surface area contributed by atoms with E-state index < -0.39 is 0 Å². The fourth-order valence-corrected chi connectivity index (χ4v) is 6.01. The van der Waals surface area contributed by atoms with Gasteiger partial charge in [-0.05, 0) is 90.1 Å². The van der Waals surface area contributed by atoms with Crippen LogP contribution in [0.15, 0.2) is 55.8 Å². The lowest BCUT2D eigenvalue weighted by molar-refractivity contribution is 0.676. The Balaban J connectivity index is 0.000000139. The molecular weight excluding hydrogens is 731 g/mol. The molecule has 58 heavy (non-hydrogen) atoms. The maximum Gasteiger partial charge on any atom is 0.165 e. The van der Waals surface area contributed by atoms with Crippen LogP contribution in [0.2, 0.25) is 0 Å². The van der Waals surface area contributed by atoms with Gasteiger partial charge in [0.2, 0.25) is 0 Å². The number of nitrogen functional groups attached to an aromatic ring is 3. The predicted molar refractivity (Wildman–Crippen MR) is 232 cm³/mol. The van der Waals surface area contributed by atoms with E-state index in [1.54, 1.807) is 18.9 Å². The summed E-state index contributed by atoms with van der Waals surface area (Å²) in [4.78, 5) is 37.0. The lowest BCUT2D eigenvalue weighted by atomic mass is 10.1. The Morgan fingerprint density at radius 2 is 1.24 bits per heavy atom. The van der Waals surface area contributed by atoms with E-state index in [4.69, 9.17) is 17.2 Å². The van der Waals surface area contributed by atoms with Gasteiger partial charge in [0.1, 0.15) is 29.0 Å². The minimum absolute atomic E-state index is 0.434. The molecule has 17 nitrogen and oxygen atoms in total. The smallest absolute Gasteiger partial charge is 0.165 e. The Morgan fingerprint density at radius 3 is 1.90 bits per heavy atom. The maximum atomic E-state index is 5.65. The molecule has 302 valence electrons. The van der Waals surface area contributed by atoms with E-state index >= 15 is 0 Å². The fraction of sp³-hybridized carbons (Fsp3) is 0.317. The first-order chi connectivity index (χ1) is 27.5. The van der Waals surface area contributed by atoms with Gasteiger partial charge >= 0.3 is 0 Å². The third-order valence-corrected chi connectivity index (χ3v) is 9.71. The molecule has 17 heteroatoms. The Morgan fingerprint density at radius 1 is 0.569 bits per heavy atom. The van der Waals surface area contributed by atoms with Gasteiger partial charge in [0, 0.05) is 45.5 Å². The molecule has 0 aliphatic rings. The highest BCUT2D eigenvalue weighted by Gasteiger charge is 2.09. The number of benzene rings is 1. The zero-order valence-corrected chi connectivity index (χ0v) is 35.4. The first-order valence-corrected chi connectivity index (χ1v) is 18.7. The summed E-state index contributed by atoms with van der Waals surface area (Å²) in [5.41, 5.74) is 30.4. The molecule has 9 aromatic rings. The Labute approximate surface area is 337 Å². The monoisotopic (exact) mass is 783 g/mol. The van der Waals surface area contributed by atoms with Gasteiger partial charge in [-0.3, -0.25) is 0 Å². The van der Waals surface area contributed by atoms with Crippen molar-refractivity contribution in [3.63, 3.8) is 0 Å². The number of anilines is 3. The van der Waals surface area contributed by atoms with Crippen molar-refractivity contribution in [1.82, 2.24) is 68.3 Å². The number of hydrogen-bond donors (Lipinski definition) is 3. The topological polar surface area (TPSA) is 227 Å². The molecule has 8 aromatic heterocycles. The molecule has 0 radical (unpaired) electrons. The number of imidazole rings is 3. The number of nitrogens with two attached hydrogens (primary N) is 3. The van der Waals surface area contributed by atoms with E-state index in [0.717, 1.165) is 45.9 Å². The molecule has 8 heterocycles. The van der Waals surface area contributed by atoms with Crippen LogP contribution >= 0.6 is 0 Å². The predicted octanol–water partition coefficient (Wildman–Crippen LogP) is 6.05. The van der Waals surface area contributed by atoms with E-state index in [2.05, 4.69) is 110 Å². The molecule has 0 fully saturated rings. The van der Waals surface area contributed by atoms with Gasteiger partial charge in [-0.15, -0.1) is 0 Å². The lowest BCUT2D eigenvalue weighted by Crippen LogP contribution is -1.98. The van der Waals surface area contributed by atoms with Crippen molar-refractivity contribution in [2.24, 2.45) is 21.1 Å². The number of fused-ring (bicyclic) bond motifs is 4. The zero-order valence-electron chi connectivity index (χ0n) is 35.4. The second kappa shape index (κ2) is 17.8. The van der Waals surface area contributed by atoms with E-state index in [-0.39, 0.29) is 0 Å². The summed E-state index contributed by atoms with van der Waals surface area (Å²) in [6.45, 7) is 19.2. The van der Waals surface area contributed by atoms with Crippen molar-refractivity contribution in [3.05, 3.63) is 101 Å². The molecule has 1 aromatic carbocycles. The molecule has 0 saturated carbocycles. The van der Waals surface area contributed by atoms with Gasteiger partial charge in [-0.2, -0.15) is 5.10 Å². The van der Waals surface area contributed by atoms with E-state index in [0.29, 0.717) is 34.3 Å². The van der Waals surface area contributed by atoms with Crippen LogP contribution in [0.1, 0.15) is 52.0 Å². The lowest BCUT2D eigenvalue weighted by Gasteiger charge is -2.01. The van der Waals surface area contributed by atoms with Crippen LogP contribution in [0, 0.1) is 55.4 Å². The Bertz CT molecular complexity index is 2840. The van der Waals surface area contributed by atoms with Crippen LogP contribution in [0.5, 0.6) is 0 Å². The van der Waals surface area contributed by atoms with Crippen LogP contribution in [0.3, 0.4) is 0 Å². The molecule has 0 amide bonds. The normalized spacial score (nSPS) is 10.7. The van der Waals surface area contributed by atoms with Gasteiger partial charge < -0.3 is 30.9 Å². The summed E-state index contributed by atoms with van der Waals surface area (Å²) in [6, 6.07) is 6.50. The van der Waals surface area contributed by atoms with Gasteiger partial charge in [0.25, 0.3) is 0 Å². The molecule has 0 atom stereocenters. The highest BCUT2D eigenvalue weighted by molar-refractivity contribution is 5.87. The fourth-order valence-electron chi connectivity index (χ4n) is 6.01.